The van der Waals surface area contributed by atoms with E-state index in [2.05, 4.69) is 24.5 Å². The molecule has 4 heteroatoms. The van der Waals surface area contributed by atoms with Crippen molar-refractivity contribution < 1.29 is 9.53 Å². The Kier molecular flexibility index (Phi) is 7.50. The number of carbonyl (C=O) groups is 1. The third kappa shape index (κ3) is 8.30. The van der Waals surface area contributed by atoms with Crippen molar-refractivity contribution in [2.45, 2.75) is 78.4 Å². The summed E-state index contributed by atoms with van der Waals surface area (Å²) in [5.74, 6) is 1.30. The van der Waals surface area contributed by atoms with Crippen LogP contribution >= 0.6 is 0 Å². The largest absolute Gasteiger partial charge is 0.444 e. The smallest absolute Gasteiger partial charge is 0.407 e. The van der Waals surface area contributed by atoms with Gasteiger partial charge in [-0.3, -0.25) is 0 Å². The molecule has 0 bridgehead atoms. The highest BCUT2D eigenvalue weighted by atomic mass is 16.6. The van der Waals surface area contributed by atoms with Crippen LogP contribution in [0.1, 0.15) is 66.7 Å². The van der Waals surface area contributed by atoms with E-state index in [0.29, 0.717) is 18.5 Å². The van der Waals surface area contributed by atoms with E-state index < -0.39 is 5.60 Å². The molecule has 1 atom stereocenters. The standard InChI is InChI=1S/C17H34N2O2/c1-13(2)15(12-19-16(20)21-17(3,4)5)18-11-14-9-7-6-8-10-14/h13-15,18H,6-12H2,1-5H3,(H,19,20). The third-order valence-corrected chi connectivity index (χ3v) is 4.06. The van der Waals surface area contributed by atoms with E-state index in [1.165, 1.54) is 32.1 Å². The van der Waals surface area contributed by atoms with Gasteiger partial charge in [0.15, 0.2) is 0 Å². The Balaban J connectivity index is 2.30. The van der Waals surface area contributed by atoms with Crippen LogP contribution in [0.5, 0.6) is 0 Å². The van der Waals surface area contributed by atoms with E-state index >= 15 is 0 Å². The SMILES string of the molecule is CC(C)C(CNC(=O)OC(C)(C)C)NCC1CCCCC1. The summed E-state index contributed by atoms with van der Waals surface area (Å²) in [4.78, 5) is 11.7. The molecule has 1 rings (SSSR count). The first-order valence-corrected chi connectivity index (χ1v) is 8.48. The summed E-state index contributed by atoms with van der Waals surface area (Å²) >= 11 is 0. The average molecular weight is 298 g/mol. The van der Waals surface area contributed by atoms with Crippen molar-refractivity contribution in [3.05, 3.63) is 0 Å². The van der Waals surface area contributed by atoms with Gasteiger partial charge in [0.2, 0.25) is 0 Å². The van der Waals surface area contributed by atoms with Crippen LogP contribution in [0.4, 0.5) is 4.79 Å². The average Bonchev–Trinajstić information content (AvgIpc) is 2.37. The second kappa shape index (κ2) is 8.62. The van der Waals surface area contributed by atoms with Gasteiger partial charge in [0, 0.05) is 12.6 Å². The molecule has 0 aromatic heterocycles. The minimum Gasteiger partial charge on any atom is -0.444 e. The van der Waals surface area contributed by atoms with Crippen molar-refractivity contribution in [3.63, 3.8) is 0 Å². The van der Waals surface area contributed by atoms with Gasteiger partial charge in [-0.05, 0) is 52.0 Å². The maximum atomic E-state index is 11.7. The van der Waals surface area contributed by atoms with Gasteiger partial charge >= 0.3 is 6.09 Å². The molecule has 124 valence electrons. The lowest BCUT2D eigenvalue weighted by molar-refractivity contribution is 0.0519. The van der Waals surface area contributed by atoms with Crippen LogP contribution in [0.3, 0.4) is 0 Å². The molecule has 1 unspecified atom stereocenters. The molecule has 0 saturated heterocycles. The Morgan fingerprint density at radius 1 is 1.19 bits per heavy atom. The molecule has 0 aromatic carbocycles. The summed E-state index contributed by atoms with van der Waals surface area (Å²) in [6, 6.07) is 0.305. The van der Waals surface area contributed by atoms with Crippen LogP contribution in [0, 0.1) is 11.8 Å². The van der Waals surface area contributed by atoms with Crippen LogP contribution < -0.4 is 10.6 Å². The second-order valence-corrected chi connectivity index (χ2v) is 7.65. The molecule has 0 spiro atoms. The first-order chi connectivity index (χ1) is 9.78. The molecule has 1 saturated carbocycles. The van der Waals surface area contributed by atoms with Crippen molar-refractivity contribution in [1.29, 1.82) is 0 Å². The molecule has 1 aliphatic carbocycles. The topological polar surface area (TPSA) is 50.4 Å². The predicted octanol–water partition coefficient (Wildman–Crippen LogP) is 3.71. The number of hydrogen-bond donors (Lipinski definition) is 2. The number of alkyl carbamates (subject to hydrolysis) is 1. The van der Waals surface area contributed by atoms with E-state index in [9.17, 15) is 4.79 Å². The maximum absolute atomic E-state index is 11.7. The molecule has 21 heavy (non-hydrogen) atoms. The molecule has 0 heterocycles. The highest BCUT2D eigenvalue weighted by Gasteiger charge is 2.20. The Hall–Kier alpha value is -0.770. The minimum absolute atomic E-state index is 0.305. The van der Waals surface area contributed by atoms with Gasteiger partial charge in [-0.2, -0.15) is 0 Å². The highest BCUT2D eigenvalue weighted by molar-refractivity contribution is 5.67. The van der Waals surface area contributed by atoms with Gasteiger partial charge in [0.1, 0.15) is 5.60 Å². The van der Waals surface area contributed by atoms with E-state index in [4.69, 9.17) is 4.74 Å². The number of hydrogen-bond acceptors (Lipinski definition) is 3. The number of amides is 1. The quantitative estimate of drug-likeness (QED) is 0.786. The zero-order chi connectivity index (χ0) is 15.9. The third-order valence-electron chi connectivity index (χ3n) is 4.06. The van der Waals surface area contributed by atoms with Crippen LogP contribution in [-0.2, 0) is 4.74 Å². The van der Waals surface area contributed by atoms with Crippen molar-refractivity contribution in [2.75, 3.05) is 13.1 Å². The van der Waals surface area contributed by atoms with Gasteiger partial charge in [0.05, 0.1) is 0 Å². The molecular formula is C17H34N2O2. The predicted molar refractivity (Wildman–Crippen MR) is 87.4 cm³/mol. The Labute approximate surface area is 130 Å². The van der Waals surface area contributed by atoms with Gasteiger partial charge in [0.25, 0.3) is 0 Å². The lowest BCUT2D eigenvalue weighted by Gasteiger charge is -2.28. The molecule has 1 fully saturated rings. The molecule has 4 nitrogen and oxygen atoms in total. The molecule has 1 aliphatic rings. The highest BCUT2D eigenvalue weighted by Crippen LogP contribution is 2.23. The Morgan fingerprint density at radius 2 is 1.81 bits per heavy atom. The summed E-state index contributed by atoms with van der Waals surface area (Å²) in [5.41, 5.74) is -0.438. The van der Waals surface area contributed by atoms with Crippen molar-refractivity contribution in [1.82, 2.24) is 10.6 Å². The van der Waals surface area contributed by atoms with E-state index in [-0.39, 0.29) is 6.09 Å². The minimum atomic E-state index is -0.438. The molecule has 2 N–H and O–H groups in total. The molecular weight excluding hydrogens is 264 g/mol. The van der Waals surface area contributed by atoms with Gasteiger partial charge in [-0.15, -0.1) is 0 Å². The van der Waals surface area contributed by atoms with Gasteiger partial charge in [-0.1, -0.05) is 33.1 Å². The monoisotopic (exact) mass is 298 g/mol. The van der Waals surface area contributed by atoms with Crippen molar-refractivity contribution >= 4 is 6.09 Å². The lowest BCUT2D eigenvalue weighted by Crippen LogP contribution is -2.46. The van der Waals surface area contributed by atoms with Crippen LogP contribution in [0.15, 0.2) is 0 Å². The van der Waals surface area contributed by atoms with E-state index in [1.807, 2.05) is 20.8 Å². The zero-order valence-electron chi connectivity index (χ0n) is 14.5. The molecule has 0 aromatic rings. The summed E-state index contributed by atoms with van der Waals surface area (Å²) in [5, 5.41) is 6.52. The van der Waals surface area contributed by atoms with E-state index in [1.54, 1.807) is 0 Å². The molecule has 0 radical (unpaired) electrons. The summed E-state index contributed by atoms with van der Waals surface area (Å²) in [6.07, 6.45) is 6.50. The fourth-order valence-corrected chi connectivity index (χ4v) is 2.76. The summed E-state index contributed by atoms with van der Waals surface area (Å²) in [7, 11) is 0. The fourth-order valence-electron chi connectivity index (χ4n) is 2.76. The fraction of sp³-hybridized carbons (Fsp3) is 0.941. The van der Waals surface area contributed by atoms with Crippen LogP contribution in [0.25, 0.3) is 0 Å². The Morgan fingerprint density at radius 3 is 2.33 bits per heavy atom. The molecule has 0 aliphatic heterocycles. The Bertz CT molecular complexity index is 304. The first kappa shape index (κ1) is 18.3. The maximum Gasteiger partial charge on any atom is 0.407 e. The number of rotatable bonds is 6. The van der Waals surface area contributed by atoms with Gasteiger partial charge < -0.3 is 15.4 Å². The number of carbonyl (C=O) groups excluding carboxylic acids is 1. The van der Waals surface area contributed by atoms with Crippen LogP contribution in [0.2, 0.25) is 0 Å². The van der Waals surface area contributed by atoms with Crippen LogP contribution in [-0.4, -0.2) is 30.8 Å². The number of ether oxygens (including phenoxy) is 1. The van der Waals surface area contributed by atoms with Crippen molar-refractivity contribution in [2.24, 2.45) is 11.8 Å². The van der Waals surface area contributed by atoms with Gasteiger partial charge in [-0.25, -0.2) is 4.79 Å². The number of nitrogens with one attached hydrogen (secondary N) is 2. The van der Waals surface area contributed by atoms with E-state index in [0.717, 1.165) is 12.5 Å². The molecule has 1 amide bonds. The van der Waals surface area contributed by atoms with Crippen molar-refractivity contribution in [3.8, 4) is 0 Å². The first-order valence-electron chi connectivity index (χ1n) is 8.48. The second-order valence-electron chi connectivity index (χ2n) is 7.65. The summed E-state index contributed by atoms with van der Waals surface area (Å²) in [6.45, 7) is 11.7. The normalized spacial score (nSPS) is 18.6. The summed E-state index contributed by atoms with van der Waals surface area (Å²) < 4.78 is 5.28. The zero-order valence-corrected chi connectivity index (χ0v) is 14.5. The lowest BCUT2D eigenvalue weighted by atomic mass is 9.89.